The Morgan fingerprint density at radius 2 is 2.09 bits per heavy atom. The second-order valence-corrected chi connectivity index (χ2v) is 4.67. The Morgan fingerprint density at radius 1 is 1.36 bits per heavy atom. The SMILES string of the molecule is Cn1cc([C@@H](CC(=O)O)NC(=O)OCc2ccccc2)nn1. The van der Waals surface area contributed by atoms with Gasteiger partial charge in [-0.2, -0.15) is 0 Å². The highest BCUT2D eigenvalue weighted by molar-refractivity contribution is 5.71. The molecule has 116 valence electrons. The van der Waals surface area contributed by atoms with Crippen LogP contribution in [0.4, 0.5) is 4.79 Å². The van der Waals surface area contributed by atoms with Crippen molar-refractivity contribution in [1.82, 2.24) is 20.3 Å². The summed E-state index contributed by atoms with van der Waals surface area (Å²) in [5.41, 5.74) is 1.20. The average molecular weight is 304 g/mol. The van der Waals surface area contributed by atoms with E-state index in [9.17, 15) is 9.59 Å². The van der Waals surface area contributed by atoms with Gasteiger partial charge in [-0.15, -0.1) is 5.10 Å². The molecule has 0 unspecified atom stereocenters. The number of aromatic nitrogens is 3. The van der Waals surface area contributed by atoms with E-state index in [-0.39, 0.29) is 13.0 Å². The smallest absolute Gasteiger partial charge is 0.408 e. The Labute approximate surface area is 126 Å². The summed E-state index contributed by atoms with van der Waals surface area (Å²) in [4.78, 5) is 22.7. The fraction of sp³-hybridized carbons (Fsp3) is 0.286. The number of amides is 1. The quantitative estimate of drug-likeness (QED) is 0.832. The number of ether oxygens (including phenoxy) is 1. The van der Waals surface area contributed by atoms with Crippen LogP contribution in [0.3, 0.4) is 0 Å². The molecule has 8 nitrogen and oxygen atoms in total. The van der Waals surface area contributed by atoms with Crippen LogP contribution in [0.15, 0.2) is 36.5 Å². The summed E-state index contributed by atoms with van der Waals surface area (Å²) in [6.45, 7) is 0.104. The zero-order chi connectivity index (χ0) is 15.9. The first-order valence-corrected chi connectivity index (χ1v) is 6.60. The lowest BCUT2D eigenvalue weighted by atomic mass is 10.1. The van der Waals surface area contributed by atoms with Gasteiger partial charge in [0.2, 0.25) is 0 Å². The molecule has 2 aromatic rings. The van der Waals surface area contributed by atoms with Gasteiger partial charge < -0.3 is 15.2 Å². The van der Waals surface area contributed by atoms with Crippen LogP contribution in [0.2, 0.25) is 0 Å². The van der Waals surface area contributed by atoms with Crippen LogP contribution in [-0.2, 0) is 23.2 Å². The predicted molar refractivity (Wildman–Crippen MR) is 75.8 cm³/mol. The third-order valence-corrected chi connectivity index (χ3v) is 2.86. The fourth-order valence-electron chi connectivity index (χ4n) is 1.84. The molecule has 0 aliphatic rings. The van der Waals surface area contributed by atoms with Gasteiger partial charge in [0.15, 0.2) is 0 Å². The van der Waals surface area contributed by atoms with E-state index in [2.05, 4.69) is 15.6 Å². The van der Waals surface area contributed by atoms with Crippen molar-refractivity contribution < 1.29 is 19.4 Å². The summed E-state index contributed by atoms with van der Waals surface area (Å²) in [7, 11) is 1.65. The first-order chi connectivity index (χ1) is 10.5. The Bertz CT molecular complexity index is 641. The molecule has 0 spiro atoms. The van der Waals surface area contributed by atoms with Gasteiger partial charge in [0.05, 0.1) is 18.7 Å². The number of carboxylic acid groups (broad SMARTS) is 1. The fourth-order valence-corrected chi connectivity index (χ4v) is 1.84. The molecule has 0 aliphatic carbocycles. The van der Waals surface area contributed by atoms with Crippen LogP contribution in [0.1, 0.15) is 23.7 Å². The molecule has 0 saturated carbocycles. The maximum atomic E-state index is 11.8. The number of nitrogens with one attached hydrogen (secondary N) is 1. The minimum atomic E-state index is -1.06. The van der Waals surface area contributed by atoms with Crippen molar-refractivity contribution in [3.63, 3.8) is 0 Å². The van der Waals surface area contributed by atoms with Gasteiger partial charge >= 0.3 is 12.1 Å². The van der Waals surface area contributed by atoms with E-state index in [0.29, 0.717) is 5.69 Å². The largest absolute Gasteiger partial charge is 0.481 e. The Morgan fingerprint density at radius 3 is 2.68 bits per heavy atom. The average Bonchev–Trinajstić information content (AvgIpc) is 2.92. The molecule has 2 rings (SSSR count). The van der Waals surface area contributed by atoms with Crippen LogP contribution >= 0.6 is 0 Å². The zero-order valence-corrected chi connectivity index (χ0v) is 12.0. The number of benzene rings is 1. The zero-order valence-electron chi connectivity index (χ0n) is 12.0. The van der Waals surface area contributed by atoms with Crippen molar-refractivity contribution in [2.45, 2.75) is 19.1 Å². The maximum absolute atomic E-state index is 11.8. The number of hydrogen-bond acceptors (Lipinski definition) is 5. The van der Waals surface area contributed by atoms with E-state index in [1.807, 2.05) is 30.3 Å². The van der Waals surface area contributed by atoms with Crippen molar-refractivity contribution in [3.05, 3.63) is 47.8 Å². The van der Waals surface area contributed by atoms with Gasteiger partial charge in [-0.25, -0.2) is 4.79 Å². The van der Waals surface area contributed by atoms with Crippen molar-refractivity contribution in [3.8, 4) is 0 Å². The van der Waals surface area contributed by atoms with Crippen LogP contribution in [-0.4, -0.2) is 32.2 Å². The number of carbonyl (C=O) groups is 2. The molecule has 1 amide bonds. The Hall–Kier alpha value is -2.90. The lowest BCUT2D eigenvalue weighted by Gasteiger charge is -2.14. The van der Waals surface area contributed by atoms with E-state index in [4.69, 9.17) is 9.84 Å². The molecule has 1 atom stereocenters. The second-order valence-electron chi connectivity index (χ2n) is 4.67. The summed E-state index contributed by atoms with van der Waals surface area (Å²) in [5, 5.41) is 19.0. The van der Waals surface area contributed by atoms with Crippen LogP contribution in [0, 0.1) is 0 Å². The molecular formula is C14H16N4O4. The van der Waals surface area contributed by atoms with E-state index in [0.717, 1.165) is 5.56 Å². The number of nitrogens with zero attached hydrogens (tertiary/aromatic N) is 3. The van der Waals surface area contributed by atoms with Crippen molar-refractivity contribution in [1.29, 1.82) is 0 Å². The molecule has 1 aromatic carbocycles. The Balaban J connectivity index is 1.94. The normalized spacial score (nSPS) is 11.7. The molecule has 0 saturated heterocycles. The molecule has 0 fully saturated rings. The van der Waals surface area contributed by atoms with Gasteiger partial charge in [-0.1, -0.05) is 35.5 Å². The molecular weight excluding hydrogens is 288 g/mol. The van der Waals surface area contributed by atoms with Gasteiger partial charge in [-0.3, -0.25) is 9.48 Å². The Kier molecular flexibility index (Phi) is 5.07. The second kappa shape index (κ2) is 7.21. The van der Waals surface area contributed by atoms with Crippen molar-refractivity contribution >= 4 is 12.1 Å². The monoisotopic (exact) mass is 304 g/mol. The number of rotatable bonds is 6. The van der Waals surface area contributed by atoms with E-state index < -0.39 is 18.1 Å². The summed E-state index contributed by atoms with van der Waals surface area (Å²) in [6, 6.07) is 8.39. The van der Waals surface area contributed by atoms with Gasteiger partial charge in [-0.05, 0) is 5.56 Å². The van der Waals surface area contributed by atoms with E-state index in [1.54, 1.807) is 13.2 Å². The highest BCUT2D eigenvalue weighted by atomic mass is 16.5. The standard InChI is InChI=1S/C14H16N4O4/c1-18-8-12(16-17-18)11(7-13(19)20)15-14(21)22-9-10-5-3-2-4-6-10/h2-6,8,11H,7,9H2,1H3,(H,15,21)(H,19,20)/t11-/m1/s1. The lowest BCUT2D eigenvalue weighted by molar-refractivity contribution is -0.137. The molecule has 0 aliphatic heterocycles. The summed E-state index contributed by atoms with van der Waals surface area (Å²) < 4.78 is 6.50. The predicted octanol–water partition coefficient (Wildman–Crippen LogP) is 1.26. The minimum Gasteiger partial charge on any atom is -0.481 e. The number of hydrogen-bond donors (Lipinski definition) is 2. The minimum absolute atomic E-state index is 0.104. The van der Waals surface area contributed by atoms with Gasteiger partial charge in [0.1, 0.15) is 12.3 Å². The molecule has 8 heteroatoms. The topological polar surface area (TPSA) is 106 Å². The lowest BCUT2D eigenvalue weighted by Crippen LogP contribution is -2.31. The third-order valence-electron chi connectivity index (χ3n) is 2.86. The number of aliphatic carboxylic acids is 1. The van der Waals surface area contributed by atoms with Crippen molar-refractivity contribution in [2.24, 2.45) is 7.05 Å². The first kappa shape index (κ1) is 15.5. The van der Waals surface area contributed by atoms with Crippen LogP contribution in [0.5, 0.6) is 0 Å². The van der Waals surface area contributed by atoms with Crippen LogP contribution in [0.25, 0.3) is 0 Å². The van der Waals surface area contributed by atoms with Gasteiger partial charge in [0.25, 0.3) is 0 Å². The third kappa shape index (κ3) is 4.58. The van der Waals surface area contributed by atoms with Gasteiger partial charge in [0, 0.05) is 7.05 Å². The number of carbonyl (C=O) groups excluding carboxylic acids is 1. The molecule has 0 bridgehead atoms. The molecule has 22 heavy (non-hydrogen) atoms. The van der Waals surface area contributed by atoms with Crippen molar-refractivity contribution in [2.75, 3.05) is 0 Å². The molecule has 1 heterocycles. The summed E-state index contributed by atoms with van der Waals surface area (Å²) in [5.74, 6) is -1.06. The molecule has 2 N–H and O–H groups in total. The molecule has 0 radical (unpaired) electrons. The highest BCUT2D eigenvalue weighted by Gasteiger charge is 2.21. The maximum Gasteiger partial charge on any atom is 0.408 e. The number of carboxylic acids is 1. The highest BCUT2D eigenvalue weighted by Crippen LogP contribution is 2.14. The van der Waals surface area contributed by atoms with E-state index in [1.165, 1.54) is 4.68 Å². The first-order valence-electron chi connectivity index (χ1n) is 6.60. The number of aryl methyl sites for hydroxylation is 1. The summed E-state index contributed by atoms with van der Waals surface area (Å²) >= 11 is 0. The summed E-state index contributed by atoms with van der Waals surface area (Å²) in [6.07, 6.45) is 0.533. The van der Waals surface area contributed by atoms with Crippen LogP contribution < -0.4 is 5.32 Å². The molecule has 1 aromatic heterocycles. The van der Waals surface area contributed by atoms with E-state index >= 15 is 0 Å². The number of alkyl carbamates (subject to hydrolysis) is 1.